The van der Waals surface area contributed by atoms with Gasteiger partial charge in [0.25, 0.3) is 0 Å². The zero-order chi connectivity index (χ0) is 11.3. The van der Waals surface area contributed by atoms with Crippen LogP contribution in [0.25, 0.3) is 0 Å². The molecule has 0 radical (unpaired) electrons. The Morgan fingerprint density at radius 3 is 2.73 bits per heavy atom. The fraction of sp³-hybridized carbons (Fsp3) is 0.333. The van der Waals surface area contributed by atoms with Crippen molar-refractivity contribution in [3.63, 3.8) is 0 Å². The highest BCUT2D eigenvalue weighted by Gasteiger charge is 2.05. The van der Waals surface area contributed by atoms with Crippen LogP contribution in [0.4, 0.5) is 5.69 Å². The van der Waals surface area contributed by atoms with Gasteiger partial charge in [0.05, 0.1) is 0 Å². The Bertz CT molecular complexity index is 336. The Kier molecular flexibility index (Phi) is 4.56. The molecule has 0 aliphatic heterocycles. The van der Waals surface area contributed by atoms with Crippen LogP contribution in [0.3, 0.4) is 0 Å². The highest BCUT2D eigenvalue weighted by molar-refractivity contribution is 7.75. The summed E-state index contributed by atoms with van der Waals surface area (Å²) in [5.41, 5.74) is 2.47. The van der Waals surface area contributed by atoms with Crippen LogP contribution < -0.4 is 9.08 Å². The van der Waals surface area contributed by atoms with E-state index in [2.05, 4.69) is 30.5 Å². The van der Waals surface area contributed by atoms with Crippen LogP contribution >= 0.6 is 12.9 Å². The molecule has 0 aliphatic rings. The van der Waals surface area contributed by atoms with Gasteiger partial charge in [0.1, 0.15) is 5.75 Å². The summed E-state index contributed by atoms with van der Waals surface area (Å²) < 4.78 is 4.91. The first kappa shape index (κ1) is 12.0. The standard InChI is InChI=1S/C12H17NOS/c1-4-5-6-10-7-8-11(14-15)9-12(10)13(2)3/h4,7-9,15H,1,5-6H2,2-3H3. The van der Waals surface area contributed by atoms with Crippen molar-refractivity contribution in [2.24, 2.45) is 0 Å². The van der Waals surface area contributed by atoms with Crippen LogP contribution in [0.1, 0.15) is 12.0 Å². The summed E-state index contributed by atoms with van der Waals surface area (Å²) in [5, 5.41) is 0. The molecular formula is C12H17NOS. The van der Waals surface area contributed by atoms with E-state index in [-0.39, 0.29) is 0 Å². The van der Waals surface area contributed by atoms with Crippen molar-refractivity contribution in [1.29, 1.82) is 0 Å². The molecule has 0 amide bonds. The first-order chi connectivity index (χ1) is 7.19. The number of hydrogen-bond acceptors (Lipinski definition) is 3. The van der Waals surface area contributed by atoms with Gasteiger partial charge in [0.15, 0.2) is 0 Å². The number of benzene rings is 1. The van der Waals surface area contributed by atoms with Crippen LogP contribution in [0.5, 0.6) is 5.75 Å². The van der Waals surface area contributed by atoms with E-state index in [1.54, 1.807) is 0 Å². The number of allylic oxidation sites excluding steroid dienone is 1. The van der Waals surface area contributed by atoms with Gasteiger partial charge in [0, 0.05) is 38.8 Å². The Hall–Kier alpha value is -1.09. The molecule has 0 bridgehead atoms. The predicted molar refractivity (Wildman–Crippen MR) is 68.9 cm³/mol. The average Bonchev–Trinajstić information content (AvgIpc) is 2.26. The lowest BCUT2D eigenvalue weighted by atomic mass is 10.1. The molecule has 0 unspecified atom stereocenters. The number of aryl methyl sites for hydroxylation is 1. The topological polar surface area (TPSA) is 12.5 Å². The van der Waals surface area contributed by atoms with E-state index in [1.807, 2.05) is 32.3 Å². The van der Waals surface area contributed by atoms with Gasteiger partial charge in [-0.2, -0.15) is 0 Å². The highest BCUT2D eigenvalue weighted by atomic mass is 32.1. The van der Waals surface area contributed by atoms with E-state index in [0.29, 0.717) is 0 Å². The van der Waals surface area contributed by atoms with E-state index in [0.717, 1.165) is 18.6 Å². The summed E-state index contributed by atoms with van der Waals surface area (Å²) >= 11 is 3.80. The van der Waals surface area contributed by atoms with Crippen LogP contribution in [0.2, 0.25) is 0 Å². The maximum absolute atomic E-state index is 4.91. The second-order valence-electron chi connectivity index (χ2n) is 3.60. The predicted octanol–water partition coefficient (Wildman–Crippen LogP) is 3.09. The van der Waals surface area contributed by atoms with Gasteiger partial charge in [-0.25, -0.2) is 0 Å². The molecule has 1 aromatic carbocycles. The Labute approximate surface area is 97.2 Å². The van der Waals surface area contributed by atoms with Crippen molar-refractivity contribution in [2.45, 2.75) is 12.8 Å². The van der Waals surface area contributed by atoms with Crippen molar-refractivity contribution in [2.75, 3.05) is 19.0 Å². The van der Waals surface area contributed by atoms with E-state index in [1.165, 1.54) is 11.3 Å². The minimum atomic E-state index is 0.768. The molecule has 1 aromatic rings. The van der Waals surface area contributed by atoms with Crippen LogP contribution in [-0.4, -0.2) is 14.1 Å². The fourth-order valence-electron chi connectivity index (χ4n) is 1.49. The zero-order valence-electron chi connectivity index (χ0n) is 9.23. The van der Waals surface area contributed by atoms with Crippen molar-refractivity contribution in [3.05, 3.63) is 36.4 Å². The Balaban J connectivity index is 2.98. The maximum Gasteiger partial charge on any atom is 0.139 e. The SMILES string of the molecule is C=CCCc1ccc(OS)cc1N(C)C. The summed E-state index contributed by atoms with van der Waals surface area (Å²) in [5.74, 6) is 0.768. The summed E-state index contributed by atoms with van der Waals surface area (Å²) in [6.45, 7) is 3.73. The summed E-state index contributed by atoms with van der Waals surface area (Å²) in [6.07, 6.45) is 3.92. The molecule has 1 rings (SSSR count). The molecule has 0 aromatic heterocycles. The van der Waals surface area contributed by atoms with E-state index >= 15 is 0 Å². The number of hydrogen-bond donors (Lipinski definition) is 1. The normalized spacial score (nSPS) is 9.80. The lowest BCUT2D eigenvalue weighted by Gasteiger charge is -2.18. The maximum atomic E-state index is 4.91. The monoisotopic (exact) mass is 223 g/mol. The molecule has 15 heavy (non-hydrogen) atoms. The largest absolute Gasteiger partial charge is 0.429 e. The number of nitrogens with zero attached hydrogens (tertiary/aromatic N) is 1. The molecule has 0 saturated carbocycles. The lowest BCUT2D eigenvalue weighted by molar-refractivity contribution is 0.658. The molecule has 0 fully saturated rings. The van der Waals surface area contributed by atoms with Gasteiger partial charge >= 0.3 is 0 Å². The first-order valence-corrected chi connectivity index (χ1v) is 5.28. The van der Waals surface area contributed by atoms with Crippen molar-refractivity contribution in [3.8, 4) is 5.75 Å². The summed E-state index contributed by atoms with van der Waals surface area (Å²) in [4.78, 5) is 2.08. The minimum Gasteiger partial charge on any atom is -0.429 e. The molecule has 3 heteroatoms. The molecule has 2 nitrogen and oxygen atoms in total. The number of anilines is 1. The first-order valence-electron chi connectivity index (χ1n) is 4.91. The quantitative estimate of drug-likeness (QED) is 0.468. The third-order valence-electron chi connectivity index (χ3n) is 2.26. The summed E-state index contributed by atoms with van der Waals surface area (Å²) in [7, 11) is 4.05. The zero-order valence-corrected chi connectivity index (χ0v) is 10.1. The smallest absolute Gasteiger partial charge is 0.139 e. The van der Waals surface area contributed by atoms with Gasteiger partial charge in [0.2, 0.25) is 0 Å². The average molecular weight is 223 g/mol. The van der Waals surface area contributed by atoms with Crippen LogP contribution in [0.15, 0.2) is 30.9 Å². The summed E-state index contributed by atoms with van der Waals surface area (Å²) in [6, 6.07) is 5.99. The molecular weight excluding hydrogens is 206 g/mol. The van der Waals surface area contributed by atoms with Crippen molar-refractivity contribution in [1.82, 2.24) is 0 Å². The van der Waals surface area contributed by atoms with Crippen LogP contribution in [-0.2, 0) is 6.42 Å². The van der Waals surface area contributed by atoms with Crippen molar-refractivity contribution < 1.29 is 4.18 Å². The van der Waals surface area contributed by atoms with Gasteiger partial charge in [-0.3, -0.25) is 0 Å². The van der Waals surface area contributed by atoms with E-state index in [9.17, 15) is 0 Å². The third kappa shape index (κ3) is 3.20. The third-order valence-corrected chi connectivity index (χ3v) is 2.47. The number of thiol groups is 1. The molecule has 0 saturated heterocycles. The van der Waals surface area contributed by atoms with Gasteiger partial charge in [-0.1, -0.05) is 12.1 Å². The van der Waals surface area contributed by atoms with Crippen molar-refractivity contribution >= 4 is 18.6 Å². The molecule has 82 valence electrons. The lowest BCUT2D eigenvalue weighted by Crippen LogP contribution is -2.11. The van der Waals surface area contributed by atoms with Crippen LogP contribution in [0, 0.1) is 0 Å². The van der Waals surface area contributed by atoms with Gasteiger partial charge in [-0.05, 0) is 24.5 Å². The highest BCUT2D eigenvalue weighted by Crippen LogP contribution is 2.26. The molecule has 0 atom stereocenters. The minimum absolute atomic E-state index is 0.768. The molecule has 0 spiro atoms. The Morgan fingerprint density at radius 2 is 2.20 bits per heavy atom. The number of rotatable bonds is 5. The van der Waals surface area contributed by atoms with Gasteiger partial charge in [-0.15, -0.1) is 6.58 Å². The fourth-order valence-corrected chi connectivity index (χ4v) is 1.60. The molecule has 0 N–H and O–H groups in total. The van der Waals surface area contributed by atoms with Gasteiger partial charge < -0.3 is 9.08 Å². The van der Waals surface area contributed by atoms with E-state index in [4.69, 9.17) is 4.18 Å². The second kappa shape index (κ2) is 5.71. The molecule has 0 heterocycles. The Morgan fingerprint density at radius 1 is 1.47 bits per heavy atom. The molecule has 0 aliphatic carbocycles. The second-order valence-corrected chi connectivity index (χ2v) is 3.79. The van der Waals surface area contributed by atoms with E-state index < -0.39 is 0 Å².